The van der Waals surface area contributed by atoms with Crippen LogP contribution in [0.25, 0.3) is 66.6 Å². The number of rotatable bonds is 8. The molecule has 8 aromatic rings. The molecule has 0 bridgehead atoms. The van der Waals surface area contributed by atoms with Gasteiger partial charge in [0.05, 0.1) is 12.2 Å². The van der Waals surface area contributed by atoms with Crippen LogP contribution in [-0.4, -0.2) is 64.2 Å². The Kier molecular flexibility index (Phi) is 11.4. The van der Waals surface area contributed by atoms with Crippen molar-refractivity contribution in [2.24, 2.45) is 14.1 Å². The number of pyridine rings is 4. The molecule has 2 fully saturated rings. The maximum absolute atomic E-state index is 12.1. The number of hydrogen-bond acceptors (Lipinski definition) is 8. The van der Waals surface area contributed by atoms with Gasteiger partial charge in [0, 0.05) is 145 Å². The third-order valence-electron chi connectivity index (χ3n) is 12.5. The van der Waals surface area contributed by atoms with E-state index in [-0.39, 0.29) is 11.8 Å². The van der Waals surface area contributed by atoms with Gasteiger partial charge in [-0.3, -0.25) is 19.6 Å². The molecule has 0 unspecified atom stereocenters. The standard InChI is InChI=1S/2C26H26N4O2/c2*1-16-9-21(30-8-4-5-25(30)32)6-7-22(16)19-10-20(13-27-12-19)24-15-29(3)26-23(24)11-18(14-28-26)17(2)31/h2*6-7,9-15,17,31H,4-5,8H2,1-3H3/t2*17-/m10/s1. The summed E-state index contributed by atoms with van der Waals surface area (Å²) in [5.74, 6) is 0.392. The predicted octanol–water partition coefficient (Wildman–Crippen LogP) is 9.58. The number of carbonyl (C=O) groups is 2. The molecule has 2 atom stereocenters. The zero-order valence-electron chi connectivity index (χ0n) is 37.1. The minimum atomic E-state index is -0.576. The van der Waals surface area contributed by atoms with Crippen LogP contribution >= 0.6 is 0 Å². The van der Waals surface area contributed by atoms with E-state index in [4.69, 9.17) is 0 Å². The molecular formula is C52H52N8O4. The number of aromatic nitrogens is 6. The molecule has 8 heterocycles. The Morgan fingerprint density at radius 2 is 0.922 bits per heavy atom. The highest BCUT2D eigenvalue weighted by molar-refractivity contribution is 5.98. The van der Waals surface area contributed by atoms with Gasteiger partial charge in [0.25, 0.3) is 0 Å². The average Bonchev–Trinajstić information content (AvgIpc) is 4.09. The molecule has 12 nitrogen and oxygen atoms in total. The fourth-order valence-electron chi connectivity index (χ4n) is 9.06. The molecule has 12 heteroatoms. The van der Waals surface area contributed by atoms with Crippen molar-refractivity contribution in [1.29, 1.82) is 0 Å². The van der Waals surface area contributed by atoms with Crippen molar-refractivity contribution in [3.05, 3.63) is 132 Å². The van der Waals surface area contributed by atoms with Crippen LogP contribution in [0.2, 0.25) is 0 Å². The molecule has 64 heavy (non-hydrogen) atoms. The normalized spacial score (nSPS) is 15.0. The monoisotopic (exact) mass is 852 g/mol. The number of nitrogens with zero attached hydrogens (tertiary/aromatic N) is 8. The summed E-state index contributed by atoms with van der Waals surface area (Å²) in [6.07, 6.45) is 17.0. The number of fused-ring (bicyclic) bond motifs is 2. The summed E-state index contributed by atoms with van der Waals surface area (Å²) in [4.78, 5) is 46.1. The van der Waals surface area contributed by atoms with Crippen LogP contribution in [0.4, 0.5) is 11.4 Å². The zero-order chi connectivity index (χ0) is 44.8. The van der Waals surface area contributed by atoms with Crippen molar-refractivity contribution in [3.63, 3.8) is 0 Å². The fourth-order valence-corrected chi connectivity index (χ4v) is 9.06. The van der Waals surface area contributed by atoms with Crippen molar-refractivity contribution in [1.82, 2.24) is 29.1 Å². The van der Waals surface area contributed by atoms with E-state index in [2.05, 4.69) is 82.6 Å². The first-order chi connectivity index (χ1) is 30.8. The molecule has 2 aliphatic rings. The second kappa shape index (κ2) is 17.3. The van der Waals surface area contributed by atoms with Gasteiger partial charge in [-0.15, -0.1) is 0 Å². The number of aryl methyl sites for hydroxylation is 4. The quantitative estimate of drug-likeness (QED) is 0.154. The van der Waals surface area contributed by atoms with Crippen LogP contribution in [0, 0.1) is 13.8 Å². The Morgan fingerprint density at radius 3 is 1.27 bits per heavy atom. The molecule has 0 spiro atoms. The predicted molar refractivity (Wildman–Crippen MR) is 253 cm³/mol. The summed E-state index contributed by atoms with van der Waals surface area (Å²) in [5.41, 5.74) is 15.7. The van der Waals surface area contributed by atoms with E-state index in [0.717, 1.165) is 126 Å². The summed E-state index contributed by atoms with van der Waals surface area (Å²) >= 11 is 0. The van der Waals surface area contributed by atoms with E-state index in [1.165, 1.54) is 0 Å². The van der Waals surface area contributed by atoms with Crippen molar-refractivity contribution >= 4 is 45.3 Å². The van der Waals surface area contributed by atoms with Gasteiger partial charge in [0.15, 0.2) is 0 Å². The van der Waals surface area contributed by atoms with E-state index in [0.29, 0.717) is 12.8 Å². The van der Waals surface area contributed by atoms with Gasteiger partial charge >= 0.3 is 0 Å². The fraction of sp³-hybridized carbons (Fsp3) is 0.269. The lowest BCUT2D eigenvalue weighted by Gasteiger charge is -2.18. The Labute approximate surface area is 372 Å². The smallest absolute Gasteiger partial charge is 0.227 e. The summed E-state index contributed by atoms with van der Waals surface area (Å²) < 4.78 is 3.99. The first-order valence-corrected chi connectivity index (χ1v) is 21.8. The lowest BCUT2D eigenvalue weighted by atomic mass is 9.98. The Hall–Kier alpha value is -7.02. The van der Waals surface area contributed by atoms with Gasteiger partial charge in [-0.1, -0.05) is 12.1 Å². The molecule has 2 saturated heterocycles. The molecule has 2 aromatic carbocycles. The highest BCUT2D eigenvalue weighted by atomic mass is 16.3. The molecule has 2 aliphatic heterocycles. The first kappa shape index (κ1) is 42.3. The summed E-state index contributed by atoms with van der Waals surface area (Å²) in [6, 6.07) is 20.7. The number of aliphatic hydroxyl groups excluding tert-OH is 2. The maximum atomic E-state index is 12.1. The number of anilines is 2. The molecule has 0 radical (unpaired) electrons. The third kappa shape index (κ3) is 8.06. The largest absolute Gasteiger partial charge is 0.389 e. The molecule has 324 valence electrons. The molecule has 2 N–H and O–H groups in total. The Bertz CT molecular complexity index is 2890. The number of aliphatic hydroxyl groups is 2. The Morgan fingerprint density at radius 1 is 0.531 bits per heavy atom. The number of benzene rings is 2. The maximum Gasteiger partial charge on any atom is 0.227 e. The van der Waals surface area contributed by atoms with Crippen LogP contribution in [0.3, 0.4) is 0 Å². The van der Waals surface area contributed by atoms with Gasteiger partial charge in [0.2, 0.25) is 11.8 Å². The molecule has 6 aromatic heterocycles. The second-order valence-electron chi connectivity index (χ2n) is 17.2. The first-order valence-electron chi connectivity index (χ1n) is 21.8. The van der Waals surface area contributed by atoms with Crippen molar-refractivity contribution in [2.75, 3.05) is 22.9 Å². The van der Waals surface area contributed by atoms with E-state index in [1.54, 1.807) is 26.2 Å². The van der Waals surface area contributed by atoms with Crippen molar-refractivity contribution in [3.8, 4) is 44.5 Å². The average molecular weight is 853 g/mol. The number of carbonyl (C=O) groups excluding carboxylic acids is 2. The number of amides is 2. The van der Waals surface area contributed by atoms with Crippen LogP contribution in [0.15, 0.2) is 110 Å². The van der Waals surface area contributed by atoms with Crippen LogP contribution in [-0.2, 0) is 23.7 Å². The van der Waals surface area contributed by atoms with E-state index >= 15 is 0 Å². The lowest BCUT2D eigenvalue weighted by molar-refractivity contribution is -0.117. The third-order valence-corrected chi connectivity index (χ3v) is 12.5. The van der Waals surface area contributed by atoms with Crippen molar-refractivity contribution in [2.45, 2.75) is 65.6 Å². The van der Waals surface area contributed by atoms with Crippen LogP contribution in [0.5, 0.6) is 0 Å². The summed E-state index contributed by atoms with van der Waals surface area (Å²) in [5, 5.41) is 22.0. The molecule has 2 amide bonds. The SMILES string of the molecule is Cc1cc(N2CCCC2=O)ccc1-c1cncc(-c2cn(C)c3ncc([C@@H](C)O)cc23)c1.Cc1cc(N2CCCC2=O)ccc1-c1cncc(-c2cn(C)c3ncc([C@H](C)O)cc23)c1. The van der Waals surface area contributed by atoms with Gasteiger partial charge in [-0.25, -0.2) is 9.97 Å². The minimum absolute atomic E-state index is 0.196. The highest BCUT2D eigenvalue weighted by Crippen LogP contribution is 2.37. The number of hydrogen-bond donors (Lipinski definition) is 2. The van der Waals surface area contributed by atoms with Crippen LogP contribution in [0.1, 0.15) is 74.0 Å². The van der Waals surface area contributed by atoms with Gasteiger partial charge in [0.1, 0.15) is 11.3 Å². The van der Waals surface area contributed by atoms with Crippen LogP contribution < -0.4 is 9.80 Å². The lowest BCUT2D eigenvalue weighted by Crippen LogP contribution is -2.23. The topological polar surface area (TPSA) is 142 Å². The minimum Gasteiger partial charge on any atom is -0.389 e. The van der Waals surface area contributed by atoms with E-state index in [1.807, 2.05) is 82.1 Å². The van der Waals surface area contributed by atoms with E-state index < -0.39 is 12.2 Å². The molecular weight excluding hydrogens is 801 g/mol. The Balaban J connectivity index is 0.000000162. The summed E-state index contributed by atoms with van der Waals surface area (Å²) in [7, 11) is 3.95. The molecule has 0 saturated carbocycles. The van der Waals surface area contributed by atoms with E-state index in [9.17, 15) is 19.8 Å². The molecule has 10 rings (SSSR count). The van der Waals surface area contributed by atoms with Gasteiger partial charge < -0.3 is 29.1 Å². The zero-order valence-corrected chi connectivity index (χ0v) is 37.1. The highest BCUT2D eigenvalue weighted by Gasteiger charge is 2.24. The van der Waals surface area contributed by atoms with Gasteiger partial charge in [-0.05, 0) is 122 Å². The molecule has 0 aliphatic carbocycles. The second-order valence-corrected chi connectivity index (χ2v) is 17.2. The van der Waals surface area contributed by atoms with Crippen molar-refractivity contribution < 1.29 is 19.8 Å². The summed E-state index contributed by atoms with van der Waals surface area (Å²) in [6.45, 7) is 9.22. The van der Waals surface area contributed by atoms with Gasteiger partial charge in [-0.2, -0.15) is 0 Å².